The van der Waals surface area contributed by atoms with E-state index in [-0.39, 0.29) is 5.69 Å². The molecule has 0 spiro atoms. The summed E-state index contributed by atoms with van der Waals surface area (Å²) in [6.07, 6.45) is 0.988. The van der Waals surface area contributed by atoms with Crippen LogP contribution in [-0.4, -0.2) is 21.3 Å². The molecule has 1 fully saturated rings. The van der Waals surface area contributed by atoms with Crippen LogP contribution in [0.25, 0.3) is 0 Å². The molecule has 68 valence electrons. The molecule has 1 saturated carbocycles. The SMILES string of the molecule is C[C@@H]1[C@@H]2Cc3[nH]nc(C(=O)O)c3[C@H]12. The van der Waals surface area contributed by atoms with Crippen molar-refractivity contribution in [3.05, 3.63) is 17.0 Å². The molecule has 0 unspecified atom stereocenters. The van der Waals surface area contributed by atoms with Gasteiger partial charge in [0.05, 0.1) is 0 Å². The summed E-state index contributed by atoms with van der Waals surface area (Å²) in [7, 11) is 0. The molecule has 13 heavy (non-hydrogen) atoms. The van der Waals surface area contributed by atoms with E-state index in [2.05, 4.69) is 17.1 Å². The molecule has 2 aliphatic rings. The van der Waals surface area contributed by atoms with Gasteiger partial charge in [0.25, 0.3) is 0 Å². The fraction of sp³-hybridized carbons (Fsp3) is 0.556. The van der Waals surface area contributed by atoms with Gasteiger partial charge in [-0.3, -0.25) is 5.10 Å². The molecule has 2 N–H and O–H groups in total. The lowest BCUT2D eigenvalue weighted by Crippen LogP contribution is -2.00. The molecule has 0 radical (unpaired) electrons. The second kappa shape index (κ2) is 1.95. The third-order valence-electron chi connectivity index (χ3n) is 3.42. The van der Waals surface area contributed by atoms with E-state index in [1.54, 1.807) is 0 Å². The predicted molar refractivity (Wildman–Crippen MR) is 44.6 cm³/mol. The van der Waals surface area contributed by atoms with Crippen molar-refractivity contribution in [2.24, 2.45) is 11.8 Å². The molecule has 4 heteroatoms. The van der Waals surface area contributed by atoms with E-state index in [0.717, 1.165) is 17.7 Å². The highest BCUT2D eigenvalue weighted by atomic mass is 16.4. The smallest absolute Gasteiger partial charge is 0.356 e. The third kappa shape index (κ3) is 0.709. The van der Waals surface area contributed by atoms with Gasteiger partial charge in [-0.15, -0.1) is 0 Å². The maximum atomic E-state index is 10.8. The van der Waals surface area contributed by atoms with Gasteiger partial charge in [0.2, 0.25) is 0 Å². The number of aromatic carboxylic acids is 1. The van der Waals surface area contributed by atoms with Crippen molar-refractivity contribution in [2.45, 2.75) is 19.3 Å². The molecular formula is C9H10N2O2. The maximum Gasteiger partial charge on any atom is 0.356 e. The van der Waals surface area contributed by atoms with Crippen molar-refractivity contribution in [3.63, 3.8) is 0 Å². The zero-order chi connectivity index (χ0) is 9.16. The van der Waals surface area contributed by atoms with Gasteiger partial charge >= 0.3 is 5.97 Å². The highest BCUT2D eigenvalue weighted by Gasteiger charge is 2.55. The van der Waals surface area contributed by atoms with E-state index in [0.29, 0.717) is 17.8 Å². The fourth-order valence-corrected chi connectivity index (χ4v) is 2.64. The lowest BCUT2D eigenvalue weighted by atomic mass is 10.1. The molecule has 1 aromatic heterocycles. The third-order valence-corrected chi connectivity index (χ3v) is 3.42. The fourth-order valence-electron chi connectivity index (χ4n) is 2.64. The van der Waals surface area contributed by atoms with Crippen LogP contribution in [0.5, 0.6) is 0 Å². The van der Waals surface area contributed by atoms with Crippen molar-refractivity contribution < 1.29 is 9.90 Å². The second-order valence-corrected chi connectivity index (χ2v) is 4.02. The van der Waals surface area contributed by atoms with E-state index >= 15 is 0 Å². The minimum atomic E-state index is -0.905. The van der Waals surface area contributed by atoms with Crippen molar-refractivity contribution in [2.75, 3.05) is 0 Å². The Kier molecular flexibility index (Phi) is 1.07. The molecule has 4 nitrogen and oxygen atoms in total. The number of aromatic amines is 1. The van der Waals surface area contributed by atoms with Crippen LogP contribution in [0.2, 0.25) is 0 Å². The van der Waals surface area contributed by atoms with Crippen molar-refractivity contribution >= 4 is 5.97 Å². The Morgan fingerprint density at radius 3 is 3.15 bits per heavy atom. The van der Waals surface area contributed by atoms with Gasteiger partial charge in [-0.2, -0.15) is 5.10 Å². The first kappa shape index (κ1) is 7.12. The quantitative estimate of drug-likeness (QED) is 0.674. The van der Waals surface area contributed by atoms with Crippen molar-refractivity contribution in [3.8, 4) is 0 Å². The lowest BCUT2D eigenvalue weighted by Gasteiger charge is -1.96. The normalized spacial score (nSPS) is 34.1. The number of H-pyrrole nitrogens is 1. The maximum absolute atomic E-state index is 10.8. The van der Waals surface area contributed by atoms with Crippen LogP contribution in [0.4, 0.5) is 0 Å². The van der Waals surface area contributed by atoms with E-state index in [1.807, 2.05) is 0 Å². The summed E-state index contributed by atoms with van der Waals surface area (Å²) in [5.41, 5.74) is 2.27. The number of nitrogens with zero attached hydrogens (tertiary/aromatic N) is 1. The first-order valence-corrected chi connectivity index (χ1v) is 4.50. The van der Waals surface area contributed by atoms with Crippen LogP contribution in [0.1, 0.15) is 34.6 Å². The number of carbonyl (C=O) groups is 1. The molecule has 0 amide bonds. The largest absolute Gasteiger partial charge is 0.476 e. The first-order valence-electron chi connectivity index (χ1n) is 4.50. The van der Waals surface area contributed by atoms with Crippen molar-refractivity contribution in [1.82, 2.24) is 10.2 Å². The summed E-state index contributed by atoms with van der Waals surface area (Å²) >= 11 is 0. The summed E-state index contributed by atoms with van der Waals surface area (Å²) in [5, 5.41) is 15.5. The Morgan fingerprint density at radius 2 is 2.46 bits per heavy atom. The number of nitrogens with one attached hydrogen (secondary N) is 1. The molecule has 0 saturated heterocycles. The molecule has 2 aliphatic carbocycles. The molecular weight excluding hydrogens is 168 g/mol. The van der Waals surface area contributed by atoms with Crippen LogP contribution in [0.15, 0.2) is 0 Å². The molecule has 0 aromatic carbocycles. The van der Waals surface area contributed by atoms with Gasteiger partial charge in [-0.1, -0.05) is 6.92 Å². The lowest BCUT2D eigenvalue weighted by molar-refractivity contribution is 0.0689. The second-order valence-electron chi connectivity index (χ2n) is 4.02. The molecule has 0 aliphatic heterocycles. The van der Waals surface area contributed by atoms with Crippen LogP contribution >= 0.6 is 0 Å². The summed E-state index contributed by atoms with van der Waals surface area (Å²) in [6, 6.07) is 0. The van der Waals surface area contributed by atoms with Gasteiger partial charge in [0.15, 0.2) is 5.69 Å². The average Bonchev–Trinajstić information content (AvgIpc) is 2.50. The van der Waals surface area contributed by atoms with Crippen LogP contribution in [0, 0.1) is 11.8 Å². The molecule has 1 aromatic rings. The number of aromatic nitrogens is 2. The minimum absolute atomic E-state index is 0.242. The summed E-state index contributed by atoms with van der Waals surface area (Å²) in [6.45, 7) is 2.18. The zero-order valence-electron chi connectivity index (χ0n) is 7.24. The topological polar surface area (TPSA) is 66.0 Å². The first-order chi connectivity index (χ1) is 6.20. The van der Waals surface area contributed by atoms with Crippen LogP contribution in [0.3, 0.4) is 0 Å². The molecule has 3 atom stereocenters. The number of carboxylic acids is 1. The Hall–Kier alpha value is -1.32. The molecule has 0 bridgehead atoms. The molecule has 3 rings (SSSR count). The van der Waals surface area contributed by atoms with E-state index in [4.69, 9.17) is 5.11 Å². The number of hydrogen-bond acceptors (Lipinski definition) is 2. The van der Waals surface area contributed by atoms with Crippen molar-refractivity contribution in [1.29, 1.82) is 0 Å². The van der Waals surface area contributed by atoms with Crippen LogP contribution in [-0.2, 0) is 6.42 Å². The van der Waals surface area contributed by atoms with Gasteiger partial charge in [0.1, 0.15) is 0 Å². The number of fused-ring (bicyclic) bond motifs is 3. The minimum Gasteiger partial charge on any atom is -0.476 e. The Balaban J connectivity index is 2.12. The Morgan fingerprint density at radius 1 is 1.69 bits per heavy atom. The van der Waals surface area contributed by atoms with E-state index < -0.39 is 5.97 Å². The van der Waals surface area contributed by atoms with Crippen LogP contribution < -0.4 is 0 Å². The zero-order valence-corrected chi connectivity index (χ0v) is 7.24. The van der Waals surface area contributed by atoms with Gasteiger partial charge in [-0.05, 0) is 24.2 Å². The average molecular weight is 178 g/mol. The van der Waals surface area contributed by atoms with E-state index in [9.17, 15) is 4.79 Å². The summed E-state index contributed by atoms with van der Waals surface area (Å²) in [4.78, 5) is 10.8. The monoisotopic (exact) mass is 178 g/mol. The number of rotatable bonds is 1. The standard InChI is InChI=1S/C9H10N2O2/c1-3-4-2-5-7(6(3)4)8(9(12)13)11-10-5/h3-4,6H,2H2,1H3,(H,10,11)(H,12,13)/t3-,4+,6-/m1/s1. The predicted octanol–water partition coefficient (Wildman–Crippen LogP) is 1.01. The summed E-state index contributed by atoms with van der Waals surface area (Å²) < 4.78 is 0. The highest BCUT2D eigenvalue weighted by molar-refractivity contribution is 5.88. The Bertz CT molecular complexity index is 396. The van der Waals surface area contributed by atoms with Gasteiger partial charge < -0.3 is 5.11 Å². The van der Waals surface area contributed by atoms with Gasteiger partial charge in [0, 0.05) is 11.3 Å². The van der Waals surface area contributed by atoms with Gasteiger partial charge in [-0.25, -0.2) is 4.79 Å². The number of hydrogen-bond donors (Lipinski definition) is 2. The molecule has 1 heterocycles. The number of carboxylic acid groups (broad SMARTS) is 1. The Labute approximate surface area is 75.0 Å². The highest BCUT2D eigenvalue weighted by Crippen LogP contribution is 2.61. The van der Waals surface area contributed by atoms with E-state index in [1.165, 1.54) is 0 Å². The summed E-state index contributed by atoms with van der Waals surface area (Å²) in [5.74, 6) is 0.905.